The van der Waals surface area contributed by atoms with Crippen LogP contribution in [0.5, 0.6) is 0 Å². The highest BCUT2D eigenvalue weighted by atomic mass is 15.1. The van der Waals surface area contributed by atoms with Gasteiger partial charge in [-0.3, -0.25) is 9.88 Å². The molecular weight excluding hydrogens is 258 g/mol. The molecule has 1 aliphatic carbocycles. The van der Waals surface area contributed by atoms with Crippen LogP contribution in [0.25, 0.3) is 0 Å². The smallest absolute Gasteiger partial charge is 0.0547 e. The molecule has 0 aliphatic heterocycles. The number of hydrogen-bond acceptors (Lipinski definition) is 3. The van der Waals surface area contributed by atoms with E-state index in [9.17, 15) is 0 Å². The van der Waals surface area contributed by atoms with Gasteiger partial charge in [0.2, 0.25) is 0 Å². The van der Waals surface area contributed by atoms with Gasteiger partial charge in [0.05, 0.1) is 5.69 Å². The monoisotopic (exact) mass is 289 g/mol. The Morgan fingerprint density at radius 1 is 1.29 bits per heavy atom. The van der Waals surface area contributed by atoms with Crippen molar-refractivity contribution in [2.24, 2.45) is 17.6 Å². The molecule has 0 aromatic carbocycles. The Hall–Kier alpha value is -0.930. The lowest BCUT2D eigenvalue weighted by atomic mass is 9.77. The second kappa shape index (κ2) is 7.90. The summed E-state index contributed by atoms with van der Waals surface area (Å²) < 4.78 is 0. The lowest BCUT2D eigenvalue weighted by Crippen LogP contribution is -2.43. The molecule has 0 saturated heterocycles. The van der Waals surface area contributed by atoms with E-state index >= 15 is 0 Å². The number of nitrogens with two attached hydrogens (primary N) is 1. The molecule has 1 saturated carbocycles. The number of pyridine rings is 1. The zero-order chi connectivity index (χ0) is 15.2. The number of rotatable bonds is 6. The summed E-state index contributed by atoms with van der Waals surface area (Å²) in [4.78, 5) is 7.14. The zero-order valence-electron chi connectivity index (χ0n) is 13.9. The van der Waals surface area contributed by atoms with Crippen molar-refractivity contribution in [3.63, 3.8) is 0 Å². The summed E-state index contributed by atoms with van der Waals surface area (Å²) in [6.45, 7) is 9.73. The Morgan fingerprint density at radius 2 is 2.10 bits per heavy atom. The number of aromatic nitrogens is 1. The average molecular weight is 289 g/mol. The maximum Gasteiger partial charge on any atom is 0.0547 e. The summed E-state index contributed by atoms with van der Waals surface area (Å²) in [6.07, 6.45) is 5.12. The fraction of sp³-hybridized carbons (Fsp3) is 0.722. The molecule has 3 nitrogen and oxygen atoms in total. The lowest BCUT2D eigenvalue weighted by Gasteiger charge is -2.36. The largest absolute Gasteiger partial charge is 0.327 e. The maximum absolute atomic E-state index is 6.37. The SMILES string of the molecule is CCC1CCC(N)C(CN(CC)Cc2cccc(C)n2)C1. The van der Waals surface area contributed by atoms with Crippen LogP contribution in [0, 0.1) is 18.8 Å². The zero-order valence-corrected chi connectivity index (χ0v) is 13.9. The van der Waals surface area contributed by atoms with Crippen LogP contribution in [0.15, 0.2) is 18.2 Å². The molecule has 1 fully saturated rings. The summed E-state index contributed by atoms with van der Waals surface area (Å²) in [7, 11) is 0. The summed E-state index contributed by atoms with van der Waals surface area (Å²) in [6, 6.07) is 6.67. The highest BCUT2D eigenvalue weighted by molar-refractivity contribution is 5.09. The topological polar surface area (TPSA) is 42.1 Å². The minimum absolute atomic E-state index is 0.382. The molecule has 3 unspecified atom stereocenters. The van der Waals surface area contributed by atoms with Crippen molar-refractivity contribution in [1.82, 2.24) is 9.88 Å². The Kier molecular flexibility index (Phi) is 6.19. The summed E-state index contributed by atoms with van der Waals surface area (Å²) in [5, 5.41) is 0. The van der Waals surface area contributed by atoms with Gasteiger partial charge in [-0.2, -0.15) is 0 Å². The van der Waals surface area contributed by atoms with Crippen LogP contribution in [-0.2, 0) is 6.54 Å². The molecule has 0 spiro atoms. The summed E-state index contributed by atoms with van der Waals surface area (Å²) >= 11 is 0. The van der Waals surface area contributed by atoms with Crippen LogP contribution in [0.3, 0.4) is 0 Å². The van der Waals surface area contributed by atoms with Crippen LogP contribution in [0.4, 0.5) is 0 Å². The van der Waals surface area contributed by atoms with Crippen molar-refractivity contribution >= 4 is 0 Å². The highest BCUT2D eigenvalue weighted by Crippen LogP contribution is 2.31. The number of aryl methyl sites for hydroxylation is 1. The van der Waals surface area contributed by atoms with E-state index in [1.54, 1.807) is 0 Å². The van der Waals surface area contributed by atoms with E-state index < -0.39 is 0 Å². The summed E-state index contributed by atoms with van der Waals surface area (Å²) in [5.41, 5.74) is 8.65. The van der Waals surface area contributed by atoms with E-state index in [4.69, 9.17) is 5.73 Å². The van der Waals surface area contributed by atoms with Crippen molar-refractivity contribution in [1.29, 1.82) is 0 Å². The predicted molar refractivity (Wildman–Crippen MR) is 89.0 cm³/mol. The minimum Gasteiger partial charge on any atom is -0.327 e. The standard InChI is InChI=1S/C18H31N3/c1-4-15-9-10-18(19)16(11-15)12-21(5-2)13-17-8-6-7-14(3)20-17/h6-8,15-16,18H,4-5,9-13,19H2,1-3H3. The van der Waals surface area contributed by atoms with Crippen LogP contribution < -0.4 is 5.73 Å². The fourth-order valence-electron chi connectivity index (χ4n) is 3.52. The van der Waals surface area contributed by atoms with Gasteiger partial charge in [0, 0.05) is 24.8 Å². The highest BCUT2D eigenvalue weighted by Gasteiger charge is 2.28. The van der Waals surface area contributed by atoms with Gasteiger partial charge >= 0.3 is 0 Å². The van der Waals surface area contributed by atoms with E-state index in [0.29, 0.717) is 12.0 Å². The quantitative estimate of drug-likeness (QED) is 0.873. The van der Waals surface area contributed by atoms with Crippen molar-refractivity contribution in [3.05, 3.63) is 29.6 Å². The van der Waals surface area contributed by atoms with Gasteiger partial charge in [0.25, 0.3) is 0 Å². The molecule has 2 N–H and O–H groups in total. The van der Waals surface area contributed by atoms with Gasteiger partial charge in [0.1, 0.15) is 0 Å². The van der Waals surface area contributed by atoms with E-state index in [-0.39, 0.29) is 0 Å². The molecule has 118 valence electrons. The first-order chi connectivity index (χ1) is 10.1. The van der Waals surface area contributed by atoms with Crippen molar-refractivity contribution in [3.8, 4) is 0 Å². The Labute approximate surface area is 129 Å². The van der Waals surface area contributed by atoms with Crippen LogP contribution >= 0.6 is 0 Å². The molecular formula is C18H31N3. The van der Waals surface area contributed by atoms with Gasteiger partial charge in [-0.15, -0.1) is 0 Å². The second-order valence-electron chi connectivity index (χ2n) is 6.61. The number of hydrogen-bond donors (Lipinski definition) is 1. The van der Waals surface area contributed by atoms with Gasteiger partial charge in [-0.05, 0) is 56.7 Å². The third-order valence-electron chi connectivity index (χ3n) is 5.00. The molecule has 0 bridgehead atoms. The molecule has 1 aromatic rings. The lowest BCUT2D eigenvalue weighted by molar-refractivity contribution is 0.153. The minimum atomic E-state index is 0.382. The molecule has 21 heavy (non-hydrogen) atoms. The molecule has 2 rings (SSSR count). The molecule has 1 aromatic heterocycles. The molecule has 0 radical (unpaired) electrons. The van der Waals surface area contributed by atoms with Crippen LogP contribution in [0.2, 0.25) is 0 Å². The molecule has 3 heteroatoms. The normalized spacial score (nSPS) is 26.2. The van der Waals surface area contributed by atoms with Gasteiger partial charge in [-0.1, -0.05) is 26.3 Å². The third kappa shape index (κ3) is 4.79. The fourth-order valence-corrected chi connectivity index (χ4v) is 3.52. The first-order valence-electron chi connectivity index (χ1n) is 8.52. The van der Waals surface area contributed by atoms with Crippen LogP contribution in [-0.4, -0.2) is 29.0 Å². The van der Waals surface area contributed by atoms with Gasteiger partial charge in [-0.25, -0.2) is 0 Å². The first-order valence-corrected chi connectivity index (χ1v) is 8.52. The van der Waals surface area contributed by atoms with E-state index in [1.807, 2.05) is 0 Å². The number of nitrogens with zero attached hydrogens (tertiary/aromatic N) is 2. The van der Waals surface area contributed by atoms with E-state index in [2.05, 4.69) is 48.9 Å². The maximum atomic E-state index is 6.37. The van der Waals surface area contributed by atoms with E-state index in [0.717, 1.165) is 31.2 Å². The second-order valence-corrected chi connectivity index (χ2v) is 6.61. The average Bonchev–Trinajstić information content (AvgIpc) is 2.48. The van der Waals surface area contributed by atoms with Crippen molar-refractivity contribution in [2.75, 3.05) is 13.1 Å². The molecule has 0 amide bonds. The van der Waals surface area contributed by atoms with Gasteiger partial charge in [0.15, 0.2) is 0 Å². The Balaban J connectivity index is 1.94. The predicted octanol–water partition coefficient (Wildman–Crippen LogP) is 3.37. The van der Waals surface area contributed by atoms with Crippen molar-refractivity contribution in [2.45, 2.75) is 59.0 Å². The molecule has 1 heterocycles. The third-order valence-corrected chi connectivity index (χ3v) is 5.00. The summed E-state index contributed by atoms with van der Waals surface area (Å²) in [5.74, 6) is 1.53. The Morgan fingerprint density at radius 3 is 2.76 bits per heavy atom. The first kappa shape index (κ1) is 16.4. The van der Waals surface area contributed by atoms with E-state index in [1.165, 1.54) is 31.4 Å². The van der Waals surface area contributed by atoms with Crippen LogP contribution in [0.1, 0.15) is 50.9 Å². The van der Waals surface area contributed by atoms with Gasteiger partial charge < -0.3 is 5.73 Å². The Bertz CT molecular complexity index is 432. The molecule has 1 aliphatic rings. The molecule has 3 atom stereocenters. The van der Waals surface area contributed by atoms with Crippen molar-refractivity contribution < 1.29 is 0 Å².